The summed E-state index contributed by atoms with van der Waals surface area (Å²) in [5.74, 6) is 0.308. The first-order chi connectivity index (χ1) is 9.86. The van der Waals surface area contributed by atoms with Crippen molar-refractivity contribution in [2.45, 2.75) is 12.8 Å². The van der Waals surface area contributed by atoms with Gasteiger partial charge in [-0.15, -0.1) is 0 Å². The molecule has 5 heteroatoms. The lowest BCUT2D eigenvalue weighted by atomic mass is 10.1. The minimum atomic E-state index is 0.0903. The molecule has 0 aliphatic rings. The molecule has 0 saturated carbocycles. The Morgan fingerprint density at radius 3 is 2.05 bits per heavy atom. The van der Waals surface area contributed by atoms with Gasteiger partial charge < -0.3 is 10.2 Å². The van der Waals surface area contributed by atoms with Gasteiger partial charge in [-0.25, -0.2) is 0 Å². The molecule has 0 fully saturated rings. The van der Waals surface area contributed by atoms with E-state index in [-0.39, 0.29) is 11.5 Å². The van der Waals surface area contributed by atoms with Gasteiger partial charge in [0.25, 0.3) is 0 Å². The normalized spacial score (nSPS) is 9.67. The minimum Gasteiger partial charge on any atom is -0.513 e. The second kappa shape index (κ2) is 8.83. The molecule has 0 aromatic heterocycles. The van der Waals surface area contributed by atoms with Crippen LogP contribution in [0.1, 0.15) is 12.0 Å². The van der Waals surface area contributed by atoms with E-state index in [2.05, 4.69) is 6.58 Å². The molecule has 0 aliphatic heterocycles. The Morgan fingerprint density at radius 1 is 0.952 bits per heavy atom. The number of aliphatic hydroxyl groups excluding tert-OH is 1. The molecule has 2 aromatic carbocycles. The Morgan fingerprint density at radius 2 is 1.57 bits per heavy atom. The molecule has 2 rings (SSSR count). The molecule has 0 aliphatic carbocycles. The number of hydrogen-bond acceptors (Lipinski definition) is 2. The molecular formula is C16H15Cl3O2. The van der Waals surface area contributed by atoms with Crippen molar-refractivity contribution in [3.05, 3.63) is 75.4 Å². The Hall–Kier alpha value is -1.35. The van der Waals surface area contributed by atoms with Gasteiger partial charge in [0.15, 0.2) is 0 Å². The number of allylic oxidation sites excluding steroid dienone is 1. The second-order valence-electron chi connectivity index (χ2n) is 4.32. The summed E-state index contributed by atoms with van der Waals surface area (Å²) >= 11 is 16.8. The first-order valence-electron chi connectivity index (χ1n) is 6.13. The third-order valence-corrected chi connectivity index (χ3v) is 3.11. The maximum absolute atomic E-state index is 8.86. The number of rotatable bonds is 3. The Labute approximate surface area is 139 Å². The lowest BCUT2D eigenvalue weighted by Crippen LogP contribution is -1.86. The van der Waals surface area contributed by atoms with Gasteiger partial charge in [0.1, 0.15) is 5.75 Å². The summed E-state index contributed by atoms with van der Waals surface area (Å²) < 4.78 is 0. The number of aromatic hydroxyl groups is 1. The minimum absolute atomic E-state index is 0.0903. The topological polar surface area (TPSA) is 40.5 Å². The van der Waals surface area contributed by atoms with Crippen molar-refractivity contribution >= 4 is 34.8 Å². The summed E-state index contributed by atoms with van der Waals surface area (Å²) in [7, 11) is 0. The van der Waals surface area contributed by atoms with Crippen LogP contribution >= 0.6 is 34.8 Å². The van der Waals surface area contributed by atoms with E-state index in [0.717, 1.165) is 17.0 Å². The van der Waals surface area contributed by atoms with Crippen LogP contribution in [0.15, 0.2) is 54.8 Å². The van der Waals surface area contributed by atoms with Crippen LogP contribution in [0.4, 0.5) is 0 Å². The predicted octanol–water partition coefficient (Wildman–Crippen LogP) is 6.04. The number of phenols is 1. The number of hydrogen-bond donors (Lipinski definition) is 2. The maximum Gasteiger partial charge on any atom is 0.118 e. The molecule has 0 bridgehead atoms. The molecule has 21 heavy (non-hydrogen) atoms. The molecule has 0 saturated heterocycles. The lowest BCUT2D eigenvalue weighted by Gasteiger charge is -2.00. The van der Waals surface area contributed by atoms with E-state index in [1.807, 2.05) is 24.3 Å². The average Bonchev–Trinajstić information content (AvgIpc) is 2.35. The Kier molecular flexibility index (Phi) is 7.44. The molecule has 2 aromatic rings. The van der Waals surface area contributed by atoms with Crippen LogP contribution in [0.25, 0.3) is 0 Å². The molecule has 0 heterocycles. The zero-order chi connectivity index (χ0) is 15.8. The van der Waals surface area contributed by atoms with Gasteiger partial charge in [-0.2, -0.15) is 0 Å². The highest BCUT2D eigenvalue weighted by Crippen LogP contribution is 2.22. The van der Waals surface area contributed by atoms with Gasteiger partial charge in [-0.1, -0.05) is 53.5 Å². The molecule has 0 radical (unpaired) electrons. The standard InChI is InChI=1S/C10H11ClO.C6H4Cl2O/c1-8(12)5-6-9-3-2-4-10(11)7-9;7-4-1-5(8)3-6(9)2-4/h2-4,7,12H,1,5-6H2;1-3,9H. The fourth-order valence-electron chi connectivity index (χ4n) is 1.52. The predicted molar refractivity (Wildman–Crippen MR) is 89.7 cm³/mol. The summed E-state index contributed by atoms with van der Waals surface area (Å²) in [6.45, 7) is 3.42. The van der Waals surface area contributed by atoms with Crippen molar-refractivity contribution in [3.8, 4) is 5.75 Å². The van der Waals surface area contributed by atoms with E-state index in [1.54, 1.807) is 6.07 Å². The lowest BCUT2D eigenvalue weighted by molar-refractivity contribution is 0.391. The summed E-state index contributed by atoms with van der Waals surface area (Å²) in [4.78, 5) is 0. The van der Waals surface area contributed by atoms with E-state index in [0.29, 0.717) is 16.5 Å². The fraction of sp³-hybridized carbons (Fsp3) is 0.125. The first kappa shape index (κ1) is 17.7. The van der Waals surface area contributed by atoms with Crippen molar-refractivity contribution in [1.29, 1.82) is 0 Å². The smallest absolute Gasteiger partial charge is 0.118 e. The average molecular weight is 346 g/mol. The summed E-state index contributed by atoms with van der Waals surface area (Å²) in [6.07, 6.45) is 1.39. The molecule has 0 spiro atoms. The largest absolute Gasteiger partial charge is 0.513 e. The Balaban J connectivity index is 0.000000219. The number of aryl methyl sites for hydroxylation is 1. The molecule has 112 valence electrons. The monoisotopic (exact) mass is 344 g/mol. The third kappa shape index (κ3) is 7.86. The quantitative estimate of drug-likeness (QED) is 0.665. The van der Waals surface area contributed by atoms with Crippen LogP contribution in [0.5, 0.6) is 5.75 Å². The highest BCUT2D eigenvalue weighted by Gasteiger charge is 1.95. The van der Waals surface area contributed by atoms with Gasteiger partial charge >= 0.3 is 0 Å². The van der Waals surface area contributed by atoms with Crippen LogP contribution < -0.4 is 0 Å². The summed E-state index contributed by atoms with van der Waals surface area (Å²) in [6, 6.07) is 12.0. The van der Waals surface area contributed by atoms with E-state index >= 15 is 0 Å². The molecular weight excluding hydrogens is 331 g/mol. The van der Waals surface area contributed by atoms with Gasteiger partial charge in [0.05, 0.1) is 5.76 Å². The van der Waals surface area contributed by atoms with Crippen molar-refractivity contribution < 1.29 is 10.2 Å². The zero-order valence-electron chi connectivity index (χ0n) is 11.2. The SMILES string of the molecule is C=C(O)CCc1cccc(Cl)c1.Oc1cc(Cl)cc(Cl)c1. The number of benzene rings is 2. The van der Waals surface area contributed by atoms with Crippen LogP contribution in [-0.2, 0) is 6.42 Å². The van der Waals surface area contributed by atoms with Gasteiger partial charge in [-0.3, -0.25) is 0 Å². The molecule has 2 nitrogen and oxygen atoms in total. The van der Waals surface area contributed by atoms with Crippen molar-refractivity contribution in [2.24, 2.45) is 0 Å². The molecule has 2 N–H and O–H groups in total. The van der Waals surface area contributed by atoms with Gasteiger partial charge in [0, 0.05) is 21.5 Å². The van der Waals surface area contributed by atoms with E-state index in [9.17, 15) is 0 Å². The number of halogens is 3. The van der Waals surface area contributed by atoms with E-state index < -0.39 is 0 Å². The molecule has 0 atom stereocenters. The number of aliphatic hydroxyl groups is 1. The fourth-order valence-corrected chi connectivity index (χ4v) is 2.25. The summed E-state index contributed by atoms with van der Waals surface area (Å²) in [5.41, 5.74) is 1.12. The molecule has 0 unspecified atom stereocenters. The summed E-state index contributed by atoms with van der Waals surface area (Å²) in [5, 5.41) is 19.3. The van der Waals surface area contributed by atoms with Gasteiger partial charge in [0.2, 0.25) is 0 Å². The zero-order valence-corrected chi connectivity index (χ0v) is 13.5. The molecule has 0 amide bonds. The highest BCUT2D eigenvalue weighted by atomic mass is 35.5. The van der Waals surface area contributed by atoms with Crippen molar-refractivity contribution in [2.75, 3.05) is 0 Å². The number of phenolic OH excluding ortho intramolecular Hbond substituents is 1. The maximum atomic E-state index is 8.86. The van der Waals surface area contributed by atoms with Crippen LogP contribution in [0.3, 0.4) is 0 Å². The van der Waals surface area contributed by atoms with Crippen LogP contribution in [0, 0.1) is 0 Å². The van der Waals surface area contributed by atoms with Crippen LogP contribution in [0.2, 0.25) is 15.1 Å². The van der Waals surface area contributed by atoms with Crippen molar-refractivity contribution in [1.82, 2.24) is 0 Å². The Bertz CT molecular complexity index is 562. The van der Waals surface area contributed by atoms with E-state index in [4.69, 9.17) is 45.0 Å². The van der Waals surface area contributed by atoms with Crippen molar-refractivity contribution in [3.63, 3.8) is 0 Å². The second-order valence-corrected chi connectivity index (χ2v) is 5.63. The van der Waals surface area contributed by atoms with Gasteiger partial charge in [-0.05, 0) is 42.3 Å². The van der Waals surface area contributed by atoms with Crippen LogP contribution in [-0.4, -0.2) is 10.2 Å². The first-order valence-corrected chi connectivity index (χ1v) is 7.26. The third-order valence-electron chi connectivity index (χ3n) is 2.44. The highest BCUT2D eigenvalue weighted by molar-refractivity contribution is 6.34. The van der Waals surface area contributed by atoms with E-state index in [1.165, 1.54) is 12.1 Å².